The number of terminal acetylenes is 1. The SMILES string of the molecule is C#Cc1ccc(CCCC#Cc2cccc3c2CN(C2CCC(=O)NC2=O)C3=O)nc1. The van der Waals surface area contributed by atoms with Gasteiger partial charge in [0, 0.05) is 48.0 Å². The Labute approximate surface area is 181 Å². The van der Waals surface area contributed by atoms with E-state index in [1.165, 1.54) is 0 Å². The van der Waals surface area contributed by atoms with Crippen LogP contribution in [0.3, 0.4) is 0 Å². The number of imide groups is 1. The Balaban J connectivity index is 1.40. The predicted molar refractivity (Wildman–Crippen MR) is 114 cm³/mol. The Morgan fingerprint density at radius 1 is 1.19 bits per heavy atom. The number of rotatable bonds is 4. The highest BCUT2D eigenvalue weighted by atomic mass is 16.2. The first-order valence-corrected chi connectivity index (χ1v) is 10.2. The lowest BCUT2D eigenvalue weighted by Gasteiger charge is -2.29. The molecule has 1 saturated heterocycles. The maximum atomic E-state index is 12.8. The number of pyridine rings is 1. The number of carbonyl (C=O) groups excluding carboxylic acids is 3. The van der Waals surface area contributed by atoms with Crippen molar-refractivity contribution in [2.24, 2.45) is 0 Å². The van der Waals surface area contributed by atoms with E-state index in [1.54, 1.807) is 17.2 Å². The van der Waals surface area contributed by atoms with E-state index < -0.39 is 11.9 Å². The van der Waals surface area contributed by atoms with Crippen LogP contribution < -0.4 is 5.32 Å². The van der Waals surface area contributed by atoms with Crippen LogP contribution >= 0.6 is 0 Å². The number of amides is 3. The standard InChI is InChI=1S/C25H21N3O3/c1-2-17-11-12-19(26-15-17)9-5-3-4-7-18-8-6-10-20-21(18)16-28(25(20)31)22-13-14-23(29)27-24(22)30/h1,6,8,10-12,15,22H,3,5,9,13-14,16H2,(H,27,29,30). The van der Waals surface area contributed by atoms with Gasteiger partial charge >= 0.3 is 0 Å². The lowest BCUT2D eigenvalue weighted by Crippen LogP contribution is -2.52. The van der Waals surface area contributed by atoms with Crippen molar-refractivity contribution in [3.63, 3.8) is 0 Å². The van der Waals surface area contributed by atoms with Gasteiger partial charge < -0.3 is 4.90 Å². The molecule has 1 unspecified atom stereocenters. The molecule has 1 atom stereocenters. The van der Waals surface area contributed by atoms with Crippen molar-refractivity contribution in [1.29, 1.82) is 0 Å². The minimum atomic E-state index is -0.619. The van der Waals surface area contributed by atoms with Gasteiger partial charge in [-0.2, -0.15) is 0 Å². The van der Waals surface area contributed by atoms with E-state index in [2.05, 4.69) is 28.1 Å². The summed E-state index contributed by atoms with van der Waals surface area (Å²) in [4.78, 5) is 42.3. The number of unbranched alkanes of at least 4 members (excludes halogenated alkanes) is 1. The van der Waals surface area contributed by atoms with Crippen LogP contribution in [0.2, 0.25) is 0 Å². The van der Waals surface area contributed by atoms with Crippen LogP contribution in [0.25, 0.3) is 0 Å². The van der Waals surface area contributed by atoms with Gasteiger partial charge in [-0.1, -0.05) is 23.8 Å². The van der Waals surface area contributed by atoms with Gasteiger partial charge in [-0.25, -0.2) is 0 Å². The molecule has 0 saturated carbocycles. The topological polar surface area (TPSA) is 79.4 Å². The van der Waals surface area contributed by atoms with E-state index in [1.807, 2.05) is 24.3 Å². The zero-order valence-corrected chi connectivity index (χ0v) is 17.0. The van der Waals surface area contributed by atoms with Crippen molar-refractivity contribution in [3.05, 3.63) is 64.5 Å². The maximum Gasteiger partial charge on any atom is 0.255 e. The first kappa shape index (κ1) is 20.4. The third-order valence-electron chi connectivity index (χ3n) is 5.53. The molecule has 31 heavy (non-hydrogen) atoms. The molecule has 6 heteroatoms. The summed E-state index contributed by atoms with van der Waals surface area (Å²) in [6, 6.07) is 8.67. The summed E-state index contributed by atoms with van der Waals surface area (Å²) in [7, 11) is 0. The third kappa shape index (κ3) is 4.34. The number of carbonyl (C=O) groups is 3. The van der Waals surface area contributed by atoms with Gasteiger partial charge in [0.05, 0.1) is 0 Å². The van der Waals surface area contributed by atoms with Crippen molar-refractivity contribution < 1.29 is 14.4 Å². The second-order valence-electron chi connectivity index (χ2n) is 7.57. The van der Waals surface area contributed by atoms with Crippen LogP contribution in [0.4, 0.5) is 0 Å². The average Bonchev–Trinajstić information content (AvgIpc) is 3.11. The molecular weight excluding hydrogens is 390 g/mol. The van der Waals surface area contributed by atoms with Gasteiger partial charge in [0.25, 0.3) is 5.91 Å². The second kappa shape index (κ2) is 8.85. The summed E-state index contributed by atoms with van der Waals surface area (Å²) in [6.45, 7) is 0.330. The van der Waals surface area contributed by atoms with E-state index in [4.69, 9.17) is 6.42 Å². The molecule has 4 rings (SSSR count). The highest BCUT2D eigenvalue weighted by Gasteiger charge is 2.39. The fraction of sp³-hybridized carbons (Fsp3) is 0.280. The summed E-state index contributed by atoms with van der Waals surface area (Å²) >= 11 is 0. The lowest BCUT2D eigenvalue weighted by atomic mass is 10.0. The molecule has 2 aliphatic rings. The zero-order chi connectivity index (χ0) is 21.8. The Hall–Kier alpha value is -3.90. The van der Waals surface area contributed by atoms with E-state index >= 15 is 0 Å². The van der Waals surface area contributed by atoms with Crippen molar-refractivity contribution in [1.82, 2.24) is 15.2 Å². The van der Waals surface area contributed by atoms with E-state index in [-0.39, 0.29) is 18.2 Å². The molecule has 2 aliphatic heterocycles. The molecule has 0 aliphatic carbocycles. The highest BCUT2D eigenvalue weighted by molar-refractivity contribution is 6.05. The maximum absolute atomic E-state index is 12.8. The van der Waals surface area contributed by atoms with E-state index in [0.717, 1.165) is 35.2 Å². The van der Waals surface area contributed by atoms with Crippen LogP contribution in [0.5, 0.6) is 0 Å². The number of nitrogens with one attached hydrogen (secondary N) is 1. The van der Waals surface area contributed by atoms with Gasteiger partial charge in [0.15, 0.2) is 0 Å². The minimum Gasteiger partial charge on any atom is -0.322 e. The van der Waals surface area contributed by atoms with Crippen molar-refractivity contribution >= 4 is 17.7 Å². The smallest absolute Gasteiger partial charge is 0.255 e. The molecule has 1 N–H and O–H groups in total. The molecule has 1 aromatic carbocycles. The normalized spacial score (nSPS) is 17.5. The van der Waals surface area contributed by atoms with Crippen molar-refractivity contribution in [2.45, 2.75) is 44.7 Å². The molecule has 1 fully saturated rings. The predicted octanol–water partition coefficient (Wildman–Crippen LogP) is 2.20. The summed E-state index contributed by atoms with van der Waals surface area (Å²) in [5, 5.41) is 2.32. The fourth-order valence-electron chi connectivity index (χ4n) is 3.88. The van der Waals surface area contributed by atoms with Crippen LogP contribution in [0.1, 0.15) is 58.4 Å². The van der Waals surface area contributed by atoms with Crippen LogP contribution in [-0.4, -0.2) is 33.6 Å². The van der Waals surface area contributed by atoms with Gasteiger partial charge in [-0.15, -0.1) is 6.42 Å². The summed E-state index contributed by atoms with van der Waals surface area (Å²) in [6.07, 6.45) is 10.0. The summed E-state index contributed by atoms with van der Waals surface area (Å²) in [5.74, 6) is 8.03. The summed E-state index contributed by atoms with van der Waals surface area (Å²) < 4.78 is 0. The molecule has 2 aromatic rings. The van der Waals surface area contributed by atoms with Crippen LogP contribution in [-0.2, 0) is 22.6 Å². The second-order valence-corrected chi connectivity index (χ2v) is 7.57. The number of hydrogen-bond donors (Lipinski definition) is 1. The van der Waals surface area contributed by atoms with Crippen LogP contribution in [0, 0.1) is 24.2 Å². The Morgan fingerprint density at radius 2 is 2.06 bits per heavy atom. The number of aryl methyl sites for hydroxylation is 1. The quantitative estimate of drug-likeness (QED) is 0.475. The van der Waals surface area contributed by atoms with Crippen LogP contribution in [0.15, 0.2) is 36.5 Å². The molecule has 154 valence electrons. The molecule has 0 radical (unpaired) electrons. The zero-order valence-electron chi connectivity index (χ0n) is 17.0. The Kier molecular flexibility index (Phi) is 5.82. The first-order chi connectivity index (χ1) is 15.1. The number of aromatic nitrogens is 1. The van der Waals surface area contributed by atoms with Gasteiger partial charge in [0.1, 0.15) is 6.04 Å². The van der Waals surface area contributed by atoms with Crippen molar-refractivity contribution in [3.8, 4) is 24.2 Å². The third-order valence-corrected chi connectivity index (χ3v) is 5.53. The molecule has 6 nitrogen and oxygen atoms in total. The number of piperidine rings is 1. The van der Waals surface area contributed by atoms with E-state index in [0.29, 0.717) is 24.9 Å². The first-order valence-electron chi connectivity index (χ1n) is 10.2. The molecule has 0 spiro atoms. The van der Waals surface area contributed by atoms with E-state index in [9.17, 15) is 14.4 Å². The molecule has 0 bridgehead atoms. The molecule has 3 amide bonds. The van der Waals surface area contributed by atoms with Crippen molar-refractivity contribution in [2.75, 3.05) is 0 Å². The average molecular weight is 411 g/mol. The molecule has 3 heterocycles. The number of fused-ring (bicyclic) bond motifs is 1. The minimum absolute atomic E-state index is 0.186. The largest absolute Gasteiger partial charge is 0.322 e. The Morgan fingerprint density at radius 3 is 2.81 bits per heavy atom. The van der Waals surface area contributed by atoms with Gasteiger partial charge in [0.2, 0.25) is 11.8 Å². The number of nitrogens with zero attached hydrogens (tertiary/aromatic N) is 2. The van der Waals surface area contributed by atoms with Gasteiger partial charge in [-0.05, 0) is 49.1 Å². The lowest BCUT2D eigenvalue weighted by molar-refractivity contribution is -0.136. The highest BCUT2D eigenvalue weighted by Crippen LogP contribution is 2.29. The summed E-state index contributed by atoms with van der Waals surface area (Å²) in [5.41, 5.74) is 3.97. The molecular formula is C25H21N3O3. The van der Waals surface area contributed by atoms with Gasteiger partial charge in [-0.3, -0.25) is 24.7 Å². The fourth-order valence-corrected chi connectivity index (χ4v) is 3.88. The Bertz CT molecular complexity index is 1150. The monoisotopic (exact) mass is 411 g/mol. The number of benzene rings is 1. The number of hydrogen-bond acceptors (Lipinski definition) is 4. The molecule has 1 aromatic heterocycles.